The van der Waals surface area contributed by atoms with E-state index in [-0.39, 0.29) is 6.04 Å². The lowest BCUT2D eigenvalue weighted by molar-refractivity contribution is 0.713. The topological polar surface area (TPSA) is 38.9 Å². The van der Waals surface area contributed by atoms with Crippen molar-refractivity contribution in [3.63, 3.8) is 0 Å². The zero-order chi connectivity index (χ0) is 11.5. The van der Waals surface area contributed by atoms with Crippen LogP contribution in [0.2, 0.25) is 0 Å². The van der Waals surface area contributed by atoms with E-state index in [1.807, 2.05) is 30.3 Å². The van der Waals surface area contributed by atoms with Crippen LogP contribution in [0.25, 0.3) is 10.9 Å². The van der Waals surface area contributed by atoms with Gasteiger partial charge in [-0.25, -0.2) is 4.98 Å². The van der Waals surface area contributed by atoms with Crippen molar-refractivity contribution >= 4 is 26.8 Å². The van der Waals surface area contributed by atoms with Crippen molar-refractivity contribution in [3.8, 4) is 0 Å². The first-order chi connectivity index (χ1) is 7.72. The molecule has 0 saturated heterocycles. The first-order valence-corrected chi connectivity index (χ1v) is 5.93. The predicted octanol–water partition coefficient (Wildman–Crippen LogP) is 3.57. The summed E-state index contributed by atoms with van der Waals surface area (Å²) in [7, 11) is 0. The van der Waals surface area contributed by atoms with Gasteiger partial charge in [-0.3, -0.25) is 0 Å². The van der Waals surface area contributed by atoms with Gasteiger partial charge in [0.2, 0.25) is 0 Å². The van der Waals surface area contributed by atoms with Crippen LogP contribution in [0.5, 0.6) is 0 Å². The van der Waals surface area contributed by atoms with E-state index in [9.17, 15) is 0 Å². The number of hydrogen-bond acceptors (Lipinski definition) is 2. The first-order valence-electron chi connectivity index (χ1n) is 5.14. The van der Waals surface area contributed by atoms with Crippen molar-refractivity contribution in [1.82, 2.24) is 4.98 Å². The Hall–Kier alpha value is -1.19. The number of nitrogens with zero attached hydrogens (tertiary/aromatic N) is 1. The number of benzene rings is 1. The quantitative estimate of drug-likeness (QED) is 0.871. The van der Waals surface area contributed by atoms with Crippen LogP contribution in [-0.2, 0) is 0 Å². The van der Waals surface area contributed by atoms with Crippen LogP contribution in [0.4, 0.5) is 0 Å². The third kappa shape index (κ3) is 2.15. The second-order valence-corrected chi connectivity index (χ2v) is 4.53. The zero-order valence-corrected chi connectivity index (χ0v) is 10.4. The molecule has 1 atom stereocenters. The molecule has 2 rings (SSSR count). The molecule has 82 valence electrons. The number of aromatic nitrogens is 1. The molecule has 1 aromatic heterocycles. The van der Waals surface area contributed by atoms with Crippen LogP contribution >= 0.6 is 15.9 Å². The largest absolute Gasteiger partial charge is 0.322 e. The zero-order valence-electron chi connectivity index (χ0n) is 8.86. The molecule has 0 bridgehead atoms. The monoisotopic (exact) mass is 276 g/mol. The summed E-state index contributed by atoms with van der Waals surface area (Å²) in [6, 6.07) is 9.96. The number of pyridine rings is 1. The molecule has 1 heterocycles. The van der Waals surface area contributed by atoms with Crippen molar-refractivity contribution in [2.45, 2.75) is 12.5 Å². The number of nitrogens with two attached hydrogens (primary N) is 1. The Bertz CT molecular complexity index is 522. The van der Waals surface area contributed by atoms with Crippen molar-refractivity contribution in [1.29, 1.82) is 0 Å². The molecule has 2 aromatic rings. The van der Waals surface area contributed by atoms with Crippen LogP contribution in [-0.4, -0.2) is 4.98 Å². The Morgan fingerprint density at radius 3 is 2.94 bits per heavy atom. The van der Waals surface area contributed by atoms with Gasteiger partial charge in [-0.2, -0.15) is 0 Å². The van der Waals surface area contributed by atoms with Gasteiger partial charge in [0.1, 0.15) is 0 Å². The highest BCUT2D eigenvalue weighted by Gasteiger charge is 2.11. The Labute approximate surface area is 103 Å². The van der Waals surface area contributed by atoms with Gasteiger partial charge >= 0.3 is 0 Å². The Balaban J connectivity index is 2.53. The molecule has 3 heteroatoms. The molecule has 2 nitrogen and oxygen atoms in total. The van der Waals surface area contributed by atoms with E-state index in [2.05, 4.69) is 33.6 Å². The number of fused-ring (bicyclic) bond motifs is 1. The average molecular weight is 277 g/mol. The second-order valence-electron chi connectivity index (χ2n) is 3.68. The summed E-state index contributed by atoms with van der Waals surface area (Å²) in [5.74, 6) is 0. The van der Waals surface area contributed by atoms with E-state index >= 15 is 0 Å². The maximum absolute atomic E-state index is 6.03. The molecule has 0 radical (unpaired) electrons. The van der Waals surface area contributed by atoms with Gasteiger partial charge in [-0.1, -0.05) is 24.3 Å². The van der Waals surface area contributed by atoms with Gasteiger partial charge in [-0.15, -0.1) is 6.58 Å². The Morgan fingerprint density at radius 1 is 1.44 bits per heavy atom. The highest BCUT2D eigenvalue weighted by Crippen LogP contribution is 2.26. The van der Waals surface area contributed by atoms with Gasteiger partial charge in [0, 0.05) is 9.86 Å². The SMILES string of the molecule is C=CCC(N)c1nc2ccccc2cc1Br. The molecule has 0 aliphatic rings. The minimum Gasteiger partial charge on any atom is -0.322 e. The lowest BCUT2D eigenvalue weighted by Gasteiger charge is -2.11. The Morgan fingerprint density at radius 2 is 2.19 bits per heavy atom. The minimum atomic E-state index is -0.100. The summed E-state index contributed by atoms with van der Waals surface area (Å²) in [6.07, 6.45) is 2.54. The maximum Gasteiger partial charge on any atom is 0.0723 e. The number of rotatable bonds is 3. The molecule has 0 fully saturated rings. The van der Waals surface area contributed by atoms with E-state index in [0.29, 0.717) is 0 Å². The van der Waals surface area contributed by atoms with Gasteiger partial charge in [0.05, 0.1) is 17.3 Å². The molecule has 0 aliphatic heterocycles. The third-order valence-electron chi connectivity index (χ3n) is 2.48. The lowest BCUT2D eigenvalue weighted by Crippen LogP contribution is -2.11. The molecular formula is C13H13BrN2. The van der Waals surface area contributed by atoms with E-state index in [1.165, 1.54) is 0 Å². The average Bonchev–Trinajstić information content (AvgIpc) is 2.28. The molecule has 0 aliphatic carbocycles. The number of para-hydroxylation sites is 1. The number of halogens is 1. The fourth-order valence-corrected chi connectivity index (χ4v) is 2.29. The first kappa shape index (κ1) is 11.3. The third-order valence-corrected chi connectivity index (χ3v) is 3.11. The van der Waals surface area contributed by atoms with Crippen molar-refractivity contribution in [2.75, 3.05) is 0 Å². The molecule has 0 amide bonds. The highest BCUT2D eigenvalue weighted by molar-refractivity contribution is 9.10. The van der Waals surface area contributed by atoms with Crippen molar-refractivity contribution in [2.24, 2.45) is 5.73 Å². The molecule has 1 aromatic carbocycles. The van der Waals surface area contributed by atoms with E-state index < -0.39 is 0 Å². The summed E-state index contributed by atoms with van der Waals surface area (Å²) < 4.78 is 0.959. The fraction of sp³-hybridized carbons (Fsp3) is 0.154. The van der Waals surface area contributed by atoms with Crippen LogP contribution in [0.15, 0.2) is 47.5 Å². The Kier molecular flexibility index (Phi) is 3.36. The molecular weight excluding hydrogens is 264 g/mol. The summed E-state index contributed by atoms with van der Waals surface area (Å²) in [4.78, 5) is 4.57. The maximum atomic E-state index is 6.03. The van der Waals surface area contributed by atoms with Crippen molar-refractivity contribution in [3.05, 3.63) is 53.2 Å². The summed E-state index contributed by atoms with van der Waals surface area (Å²) in [5, 5.41) is 1.11. The molecule has 0 saturated carbocycles. The molecule has 16 heavy (non-hydrogen) atoms. The summed E-state index contributed by atoms with van der Waals surface area (Å²) >= 11 is 3.51. The van der Waals surface area contributed by atoms with Gasteiger partial charge in [0.15, 0.2) is 0 Å². The minimum absolute atomic E-state index is 0.100. The standard InChI is InChI=1S/C13H13BrN2/c1-2-5-11(15)13-10(14)8-9-6-3-4-7-12(9)16-13/h2-4,6-8,11H,1,5,15H2. The summed E-state index contributed by atoms with van der Waals surface area (Å²) in [6.45, 7) is 3.70. The normalized spacial score (nSPS) is 12.6. The van der Waals surface area contributed by atoms with Gasteiger partial charge in [-0.05, 0) is 34.5 Å². The van der Waals surface area contributed by atoms with Crippen LogP contribution in [0, 0.1) is 0 Å². The van der Waals surface area contributed by atoms with Crippen LogP contribution in [0.3, 0.4) is 0 Å². The lowest BCUT2D eigenvalue weighted by atomic mass is 10.1. The predicted molar refractivity (Wildman–Crippen MR) is 71.2 cm³/mol. The number of hydrogen-bond donors (Lipinski definition) is 1. The smallest absolute Gasteiger partial charge is 0.0723 e. The van der Waals surface area contributed by atoms with Crippen molar-refractivity contribution < 1.29 is 0 Å². The molecule has 1 unspecified atom stereocenters. The van der Waals surface area contributed by atoms with Gasteiger partial charge in [0.25, 0.3) is 0 Å². The second kappa shape index (κ2) is 4.76. The van der Waals surface area contributed by atoms with Gasteiger partial charge < -0.3 is 5.73 Å². The van der Waals surface area contributed by atoms with Crippen LogP contribution < -0.4 is 5.73 Å². The molecule has 0 spiro atoms. The van der Waals surface area contributed by atoms with E-state index in [4.69, 9.17) is 5.73 Å². The highest BCUT2D eigenvalue weighted by atomic mass is 79.9. The van der Waals surface area contributed by atoms with E-state index in [0.717, 1.165) is 27.5 Å². The van der Waals surface area contributed by atoms with E-state index in [1.54, 1.807) is 0 Å². The molecule has 2 N–H and O–H groups in total. The van der Waals surface area contributed by atoms with Crippen LogP contribution in [0.1, 0.15) is 18.2 Å². The fourth-order valence-electron chi connectivity index (χ4n) is 1.66. The summed E-state index contributed by atoms with van der Waals surface area (Å²) in [5.41, 5.74) is 7.89.